The fourth-order valence-electron chi connectivity index (χ4n) is 2.97. The average molecular weight is 295 g/mol. The Bertz CT molecular complexity index is 568. The lowest BCUT2D eigenvalue weighted by atomic mass is 10.2. The van der Waals surface area contributed by atoms with E-state index in [1.165, 1.54) is 11.3 Å². The van der Waals surface area contributed by atoms with Crippen LogP contribution in [0.25, 0.3) is 0 Å². The van der Waals surface area contributed by atoms with Crippen LogP contribution in [0, 0.1) is 0 Å². The molecule has 2 aliphatic rings. The van der Waals surface area contributed by atoms with Crippen molar-refractivity contribution in [2.24, 2.45) is 0 Å². The third kappa shape index (κ3) is 2.82. The summed E-state index contributed by atoms with van der Waals surface area (Å²) in [6.07, 6.45) is 3.00. The molecule has 1 aromatic carbocycles. The Morgan fingerprint density at radius 2 is 1.85 bits per heavy atom. The van der Waals surface area contributed by atoms with Gasteiger partial charge in [0.15, 0.2) is 0 Å². The first-order valence-electron chi connectivity index (χ1n) is 7.24. The van der Waals surface area contributed by atoms with Crippen molar-refractivity contribution < 1.29 is 8.42 Å². The molecule has 2 heterocycles. The largest absolute Gasteiger partial charge is 0.370 e. The van der Waals surface area contributed by atoms with Gasteiger partial charge in [-0.05, 0) is 30.9 Å². The van der Waals surface area contributed by atoms with E-state index in [1.54, 1.807) is 4.31 Å². The number of hydrogen-bond acceptors (Lipinski definition) is 3. The molecule has 1 aromatic rings. The molecular formula is C14H21N3O2S. The number of hydrogen-bond donors (Lipinski definition) is 1. The van der Waals surface area contributed by atoms with Crippen LogP contribution in [0.15, 0.2) is 24.3 Å². The molecule has 2 aliphatic heterocycles. The number of anilines is 1. The van der Waals surface area contributed by atoms with E-state index in [0.717, 1.165) is 32.4 Å². The minimum Gasteiger partial charge on any atom is -0.370 e. The topological polar surface area (TPSA) is 52.7 Å². The highest BCUT2D eigenvalue weighted by Crippen LogP contribution is 2.26. The molecule has 1 N–H and O–H groups in total. The standard InChI is InChI=1S/C14H21N3O2S/c18-20(19,17-9-3-4-10-17)15-8-12-16-11-7-13-5-1-2-6-14(13)16/h1-2,5-6,15H,3-4,7-12H2. The van der Waals surface area contributed by atoms with Crippen molar-refractivity contribution in [3.8, 4) is 0 Å². The Hall–Kier alpha value is -1.11. The molecule has 0 aromatic heterocycles. The van der Waals surface area contributed by atoms with E-state index in [0.29, 0.717) is 19.6 Å². The summed E-state index contributed by atoms with van der Waals surface area (Å²) in [6.45, 7) is 3.48. The first kappa shape index (κ1) is 13.9. The van der Waals surface area contributed by atoms with Crippen molar-refractivity contribution in [3.05, 3.63) is 29.8 Å². The summed E-state index contributed by atoms with van der Waals surface area (Å²) in [4.78, 5) is 2.25. The van der Waals surface area contributed by atoms with Crippen LogP contribution in [0.2, 0.25) is 0 Å². The maximum atomic E-state index is 12.0. The second kappa shape index (κ2) is 5.71. The van der Waals surface area contributed by atoms with Crippen molar-refractivity contribution in [1.29, 1.82) is 0 Å². The molecule has 0 unspecified atom stereocenters. The maximum absolute atomic E-state index is 12.0. The van der Waals surface area contributed by atoms with Crippen LogP contribution in [0.4, 0.5) is 5.69 Å². The van der Waals surface area contributed by atoms with Crippen molar-refractivity contribution in [3.63, 3.8) is 0 Å². The normalized spacial score (nSPS) is 19.5. The predicted octanol–water partition coefficient (Wildman–Crippen LogP) is 0.979. The SMILES string of the molecule is O=S(=O)(NCCN1CCc2ccccc21)N1CCCC1. The molecule has 20 heavy (non-hydrogen) atoms. The Labute approximate surface area is 120 Å². The average Bonchev–Trinajstić information content (AvgIpc) is 3.08. The summed E-state index contributed by atoms with van der Waals surface area (Å²) in [5, 5.41) is 0. The maximum Gasteiger partial charge on any atom is 0.279 e. The van der Waals surface area contributed by atoms with Crippen molar-refractivity contribution in [2.75, 3.05) is 37.6 Å². The monoisotopic (exact) mass is 295 g/mol. The number of nitrogens with one attached hydrogen (secondary N) is 1. The lowest BCUT2D eigenvalue weighted by molar-refractivity contribution is 0.465. The van der Waals surface area contributed by atoms with Crippen LogP contribution in [0.1, 0.15) is 18.4 Å². The first-order chi connectivity index (χ1) is 9.67. The van der Waals surface area contributed by atoms with E-state index >= 15 is 0 Å². The summed E-state index contributed by atoms with van der Waals surface area (Å²) in [6, 6.07) is 8.34. The fraction of sp³-hybridized carbons (Fsp3) is 0.571. The zero-order valence-electron chi connectivity index (χ0n) is 11.6. The Balaban J connectivity index is 1.54. The lowest BCUT2D eigenvalue weighted by Crippen LogP contribution is -2.42. The van der Waals surface area contributed by atoms with E-state index in [4.69, 9.17) is 0 Å². The Morgan fingerprint density at radius 3 is 2.65 bits per heavy atom. The molecule has 1 saturated heterocycles. The van der Waals surface area contributed by atoms with Crippen molar-refractivity contribution in [1.82, 2.24) is 9.03 Å². The molecule has 0 spiro atoms. The van der Waals surface area contributed by atoms with Crippen molar-refractivity contribution >= 4 is 15.9 Å². The second-order valence-electron chi connectivity index (χ2n) is 5.37. The van der Waals surface area contributed by atoms with Gasteiger partial charge in [-0.15, -0.1) is 0 Å². The van der Waals surface area contributed by atoms with Gasteiger partial charge >= 0.3 is 0 Å². The van der Waals surface area contributed by atoms with Gasteiger partial charge in [-0.1, -0.05) is 18.2 Å². The van der Waals surface area contributed by atoms with Gasteiger partial charge in [0.1, 0.15) is 0 Å². The van der Waals surface area contributed by atoms with Gasteiger partial charge < -0.3 is 4.90 Å². The summed E-state index contributed by atoms with van der Waals surface area (Å²) in [5.41, 5.74) is 2.60. The first-order valence-corrected chi connectivity index (χ1v) is 8.68. The van der Waals surface area contributed by atoms with Crippen LogP contribution >= 0.6 is 0 Å². The van der Waals surface area contributed by atoms with Gasteiger partial charge in [0.2, 0.25) is 0 Å². The van der Waals surface area contributed by atoms with Crippen LogP contribution in [-0.4, -0.2) is 45.4 Å². The quantitative estimate of drug-likeness (QED) is 0.881. The third-order valence-corrected chi connectivity index (χ3v) is 5.67. The number of rotatable bonds is 5. The molecule has 1 fully saturated rings. The van der Waals surface area contributed by atoms with E-state index in [2.05, 4.69) is 27.8 Å². The Morgan fingerprint density at radius 1 is 1.10 bits per heavy atom. The highest BCUT2D eigenvalue weighted by molar-refractivity contribution is 7.87. The van der Waals surface area contributed by atoms with Gasteiger partial charge in [0.05, 0.1) is 0 Å². The van der Waals surface area contributed by atoms with E-state index < -0.39 is 10.2 Å². The summed E-state index contributed by atoms with van der Waals surface area (Å²) < 4.78 is 28.4. The minimum atomic E-state index is -3.27. The molecule has 6 heteroatoms. The zero-order chi connectivity index (χ0) is 14.0. The highest BCUT2D eigenvalue weighted by Gasteiger charge is 2.25. The molecular weight excluding hydrogens is 274 g/mol. The molecule has 3 rings (SSSR count). The molecule has 110 valence electrons. The minimum absolute atomic E-state index is 0.465. The van der Waals surface area contributed by atoms with Crippen molar-refractivity contribution in [2.45, 2.75) is 19.3 Å². The van der Waals surface area contributed by atoms with Crippen LogP contribution < -0.4 is 9.62 Å². The summed E-state index contributed by atoms with van der Waals surface area (Å²) in [7, 11) is -3.27. The predicted molar refractivity (Wildman–Crippen MR) is 80.1 cm³/mol. The molecule has 0 aliphatic carbocycles. The van der Waals surface area contributed by atoms with Crippen LogP contribution in [0.5, 0.6) is 0 Å². The smallest absolute Gasteiger partial charge is 0.279 e. The molecule has 0 amide bonds. The number of fused-ring (bicyclic) bond motifs is 1. The summed E-state index contributed by atoms with van der Waals surface area (Å²) >= 11 is 0. The zero-order valence-corrected chi connectivity index (χ0v) is 12.4. The number of para-hydroxylation sites is 1. The molecule has 0 radical (unpaired) electrons. The third-order valence-electron chi connectivity index (χ3n) is 4.05. The van der Waals surface area contributed by atoms with E-state index in [1.807, 2.05) is 6.07 Å². The lowest BCUT2D eigenvalue weighted by Gasteiger charge is -2.21. The second-order valence-corrected chi connectivity index (χ2v) is 7.13. The number of nitrogens with zero attached hydrogens (tertiary/aromatic N) is 2. The molecule has 0 bridgehead atoms. The van der Waals surface area contributed by atoms with Crippen LogP contribution in [0.3, 0.4) is 0 Å². The molecule has 5 nitrogen and oxygen atoms in total. The van der Waals surface area contributed by atoms with E-state index in [-0.39, 0.29) is 0 Å². The fourth-order valence-corrected chi connectivity index (χ4v) is 4.24. The molecule has 0 atom stereocenters. The van der Waals surface area contributed by atoms with Gasteiger partial charge in [0.25, 0.3) is 10.2 Å². The number of benzene rings is 1. The Kier molecular flexibility index (Phi) is 3.96. The highest BCUT2D eigenvalue weighted by atomic mass is 32.2. The molecule has 0 saturated carbocycles. The van der Waals surface area contributed by atoms with E-state index in [9.17, 15) is 8.42 Å². The summed E-state index contributed by atoms with van der Waals surface area (Å²) in [5.74, 6) is 0. The van der Waals surface area contributed by atoms with Gasteiger partial charge in [0, 0.05) is 38.4 Å². The van der Waals surface area contributed by atoms with Gasteiger partial charge in [-0.2, -0.15) is 12.7 Å². The van der Waals surface area contributed by atoms with Crippen LogP contribution in [-0.2, 0) is 16.6 Å². The van der Waals surface area contributed by atoms with Gasteiger partial charge in [-0.25, -0.2) is 4.72 Å². The van der Waals surface area contributed by atoms with Gasteiger partial charge in [-0.3, -0.25) is 0 Å².